The fraction of sp³-hybridized carbons (Fsp3) is 0.683. The summed E-state index contributed by atoms with van der Waals surface area (Å²) < 4.78 is 12.3. The van der Waals surface area contributed by atoms with Gasteiger partial charge in [0.05, 0.1) is 17.5 Å². The van der Waals surface area contributed by atoms with Gasteiger partial charge in [-0.05, 0) is 115 Å². The molecule has 0 saturated carbocycles. The molecule has 0 spiro atoms. The van der Waals surface area contributed by atoms with Crippen LogP contribution < -0.4 is 9.47 Å². The number of aryl methyl sites for hydroxylation is 1. The molecule has 0 aliphatic heterocycles. The molecule has 0 bridgehead atoms. The van der Waals surface area contributed by atoms with Gasteiger partial charge in [0.2, 0.25) is 0 Å². The molecule has 2 rings (SSSR count). The lowest BCUT2D eigenvalue weighted by Crippen LogP contribution is -2.26. The van der Waals surface area contributed by atoms with E-state index in [0.717, 1.165) is 62.0 Å². The Morgan fingerprint density at radius 1 is 0.696 bits per heavy atom. The van der Waals surface area contributed by atoms with Crippen LogP contribution in [-0.4, -0.2) is 24.3 Å². The minimum atomic E-state index is -0.538. The monoisotopic (exact) mass is 632 g/mol. The van der Waals surface area contributed by atoms with Gasteiger partial charge in [-0.2, -0.15) is 15.5 Å². The standard InChI is InChI=1S/C41H65N3O2/c1-9-10-11-12-13-14-15-16-17-18-29-41(33-42,35-23-20-26-38(32-35)46-40(5,6)7)30-21-24-36(44-43-8)28-27-34-22-19-25-37(31-34)45-39(2,3)4/h19-20,22-23,25-26,31-32,36H,9-18,21,24,27-30H2,1-8H3/b44-43+. The molecule has 0 N–H and O–H groups in total. The molecule has 0 radical (unpaired) electrons. The minimum absolute atomic E-state index is 0.126. The SMILES string of the molecule is CCCCCCCCCCCCC(C#N)(CCCC(CCc1cccc(OC(C)(C)C)c1)/N=N/C)c1cccc(OC(C)(C)C)c1. The van der Waals surface area contributed by atoms with Crippen molar-refractivity contribution in [2.45, 2.75) is 174 Å². The Kier molecular flexibility index (Phi) is 17.4. The quantitative estimate of drug-likeness (QED) is 0.0959. The number of rotatable bonds is 22. The number of azo groups is 1. The third-order valence-corrected chi connectivity index (χ3v) is 8.49. The first-order valence-corrected chi connectivity index (χ1v) is 18.2. The van der Waals surface area contributed by atoms with E-state index < -0.39 is 5.41 Å². The van der Waals surface area contributed by atoms with Crippen LogP contribution in [0.1, 0.15) is 156 Å². The lowest BCUT2D eigenvalue weighted by Gasteiger charge is -2.29. The number of hydrogen-bond acceptors (Lipinski definition) is 5. The number of hydrogen-bond donors (Lipinski definition) is 0. The Morgan fingerprint density at radius 2 is 1.24 bits per heavy atom. The molecule has 0 heterocycles. The van der Waals surface area contributed by atoms with Crippen LogP contribution in [0.5, 0.6) is 11.5 Å². The first-order valence-electron chi connectivity index (χ1n) is 18.2. The second-order valence-corrected chi connectivity index (χ2v) is 15.1. The van der Waals surface area contributed by atoms with Crippen LogP contribution in [-0.2, 0) is 11.8 Å². The molecule has 0 aromatic heterocycles. The van der Waals surface area contributed by atoms with Crippen molar-refractivity contribution >= 4 is 0 Å². The molecule has 0 aliphatic rings. The Bertz CT molecular complexity index is 1190. The number of nitrogens with zero attached hydrogens (tertiary/aromatic N) is 3. The molecule has 5 heteroatoms. The summed E-state index contributed by atoms with van der Waals surface area (Å²) in [7, 11) is 1.76. The van der Waals surface area contributed by atoms with E-state index in [-0.39, 0.29) is 17.2 Å². The minimum Gasteiger partial charge on any atom is -0.488 e. The average molecular weight is 632 g/mol. The molecule has 5 nitrogen and oxygen atoms in total. The van der Waals surface area contributed by atoms with Gasteiger partial charge in [0.15, 0.2) is 0 Å². The molecule has 256 valence electrons. The molecule has 2 unspecified atom stereocenters. The molecule has 2 aromatic carbocycles. The molecule has 0 fully saturated rings. The third-order valence-electron chi connectivity index (χ3n) is 8.49. The Hall–Kier alpha value is -2.87. The number of nitriles is 1. The van der Waals surface area contributed by atoms with Gasteiger partial charge in [-0.1, -0.05) is 95.4 Å². The summed E-state index contributed by atoms with van der Waals surface area (Å²) in [5.41, 5.74) is 1.28. The Labute approximate surface area is 282 Å². The molecular formula is C41H65N3O2. The summed E-state index contributed by atoms with van der Waals surface area (Å²) in [4.78, 5) is 0. The van der Waals surface area contributed by atoms with Crippen molar-refractivity contribution in [1.29, 1.82) is 5.26 Å². The average Bonchev–Trinajstić information content (AvgIpc) is 2.98. The van der Waals surface area contributed by atoms with E-state index in [9.17, 15) is 5.26 Å². The van der Waals surface area contributed by atoms with Gasteiger partial charge in [-0.15, -0.1) is 0 Å². The maximum absolute atomic E-state index is 10.8. The highest BCUT2D eigenvalue weighted by Gasteiger charge is 2.32. The second kappa shape index (κ2) is 20.4. The van der Waals surface area contributed by atoms with E-state index >= 15 is 0 Å². The smallest absolute Gasteiger partial charge is 0.120 e. The number of ether oxygens (including phenoxy) is 2. The molecule has 0 saturated heterocycles. The van der Waals surface area contributed by atoms with E-state index in [0.29, 0.717) is 0 Å². The summed E-state index contributed by atoms with van der Waals surface area (Å²) >= 11 is 0. The largest absolute Gasteiger partial charge is 0.488 e. The second-order valence-electron chi connectivity index (χ2n) is 15.1. The maximum Gasteiger partial charge on any atom is 0.120 e. The van der Waals surface area contributed by atoms with E-state index in [1.807, 2.05) is 18.2 Å². The van der Waals surface area contributed by atoms with Gasteiger partial charge < -0.3 is 9.47 Å². The molecule has 46 heavy (non-hydrogen) atoms. The van der Waals surface area contributed by atoms with Gasteiger partial charge in [-0.25, -0.2) is 0 Å². The molecule has 2 aromatic rings. The van der Waals surface area contributed by atoms with Crippen molar-refractivity contribution in [3.05, 3.63) is 59.7 Å². The Morgan fingerprint density at radius 3 is 1.80 bits per heavy atom. The predicted molar refractivity (Wildman–Crippen MR) is 194 cm³/mol. The number of benzene rings is 2. The maximum atomic E-state index is 10.8. The van der Waals surface area contributed by atoms with E-state index in [2.05, 4.69) is 95.1 Å². The van der Waals surface area contributed by atoms with Crippen LogP contribution in [0.15, 0.2) is 58.8 Å². The van der Waals surface area contributed by atoms with Gasteiger partial charge in [0.1, 0.15) is 22.7 Å². The highest BCUT2D eigenvalue weighted by Crippen LogP contribution is 2.38. The van der Waals surface area contributed by atoms with Crippen molar-refractivity contribution in [3.63, 3.8) is 0 Å². The van der Waals surface area contributed by atoms with E-state index in [4.69, 9.17) is 9.47 Å². The van der Waals surface area contributed by atoms with Crippen LogP contribution in [0.2, 0.25) is 0 Å². The molecular weight excluding hydrogens is 566 g/mol. The van der Waals surface area contributed by atoms with Gasteiger partial charge in [0.25, 0.3) is 0 Å². The van der Waals surface area contributed by atoms with Crippen LogP contribution >= 0.6 is 0 Å². The van der Waals surface area contributed by atoms with Gasteiger partial charge in [-0.3, -0.25) is 0 Å². The van der Waals surface area contributed by atoms with Gasteiger partial charge in [0, 0.05) is 7.05 Å². The fourth-order valence-corrected chi connectivity index (χ4v) is 6.23. The topological polar surface area (TPSA) is 67.0 Å². The first kappa shape index (κ1) is 39.3. The van der Waals surface area contributed by atoms with Crippen molar-refractivity contribution in [1.82, 2.24) is 0 Å². The summed E-state index contributed by atoms with van der Waals surface area (Å²) in [5.74, 6) is 1.74. The first-order chi connectivity index (χ1) is 21.9. The lowest BCUT2D eigenvalue weighted by atomic mass is 9.73. The predicted octanol–water partition coefficient (Wildman–Crippen LogP) is 12.4. The normalized spacial score (nSPS) is 14.2. The highest BCUT2D eigenvalue weighted by atomic mass is 16.5. The van der Waals surface area contributed by atoms with Crippen molar-refractivity contribution in [3.8, 4) is 17.6 Å². The fourth-order valence-electron chi connectivity index (χ4n) is 6.23. The Balaban J connectivity index is 2.06. The molecule has 2 atom stereocenters. The van der Waals surface area contributed by atoms with Crippen molar-refractivity contribution in [2.75, 3.05) is 7.05 Å². The third kappa shape index (κ3) is 16.1. The summed E-state index contributed by atoms with van der Waals surface area (Å²) in [5, 5.41) is 19.6. The van der Waals surface area contributed by atoms with Crippen LogP contribution in [0.3, 0.4) is 0 Å². The van der Waals surface area contributed by atoms with E-state index in [1.54, 1.807) is 7.05 Å². The van der Waals surface area contributed by atoms with Gasteiger partial charge >= 0.3 is 0 Å². The van der Waals surface area contributed by atoms with Crippen molar-refractivity contribution < 1.29 is 9.47 Å². The highest BCUT2D eigenvalue weighted by molar-refractivity contribution is 5.38. The zero-order valence-corrected chi connectivity index (χ0v) is 30.7. The van der Waals surface area contributed by atoms with Crippen LogP contribution in [0, 0.1) is 11.3 Å². The summed E-state index contributed by atoms with van der Waals surface area (Å²) in [6.07, 6.45) is 18.3. The van der Waals surface area contributed by atoms with Crippen molar-refractivity contribution in [2.24, 2.45) is 10.2 Å². The zero-order valence-electron chi connectivity index (χ0n) is 30.7. The lowest BCUT2D eigenvalue weighted by molar-refractivity contribution is 0.130. The van der Waals surface area contributed by atoms with Crippen LogP contribution in [0.25, 0.3) is 0 Å². The zero-order chi connectivity index (χ0) is 33.9. The molecule has 0 aliphatic carbocycles. The number of unbranched alkanes of at least 4 members (excludes halogenated alkanes) is 9. The summed E-state index contributed by atoms with van der Waals surface area (Å²) in [6.45, 7) is 14.7. The molecule has 0 amide bonds. The summed E-state index contributed by atoms with van der Waals surface area (Å²) in [6, 6.07) is 19.6. The van der Waals surface area contributed by atoms with Crippen LogP contribution in [0.4, 0.5) is 0 Å². The van der Waals surface area contributed by atoms with E-state index in [1.165, 1.54) is 63.4 Å².